The Morgan fingerprint density at radius 2 is 1.75 bits per heavy atom. The Morgan fingerprint density at radius 3 is 2.36 bits per heavy atom. The predicted octanol–water partition coefficient (Wildman–Crippen LogP) is 3.01. The second-order valence-electron chi connectivity index (χ2n) is 8.16. The quantitative estimate of drug-likeness (QED) is 0.473. The topological polar surface area (TPSA) is 117 Å². The second kappa shape index (κ2) is 10.8. The van der Waals surface area contributed by atoms with E-state index in [1.54, 1.807) is 31.2 Å². The van der Waals surface area contributed by atoms with Crippen LogP contribution < -0.4 is 0 Å². The number of aryl methyl sites for hydroxylation is 1. The highest BCUT2D eigenvalue weighted by Gasteiger charge is 2.27. The van der Waals surface area contributed by atoms with Crippen molar-refractivity contribution in [2.75, 3.05) is 32.8 Å². The first-order valence-electron chi connectivity index (χ1n) is 11.1. The van der Waals surface area contributed by atoms with Gasteiger partial charge in [-0.15, -0.1) is 11.3 Å². The number of ether oxygens (including phenoxy) is 1. The van der Waals surface area contributed by atoms with Crippen molar-refractivity contribution >= 4 is 33.2 Å². The minimum absolute atomic E-state index is 0.0355. The molecule has 2 aromatic carbocycles. The number of rotatable bonds is 8. The van der Waals surface area contributed by atoms with Crippen LogP contribution in [0.5, 0.6) is 0 Å². The zero-order chi connectivity index (χ0) is 25.9. The Kier molecular flexibility index (Phi) is 7.79. The molecule has 1 aliphatic heterocycles. The largest absolute Gasteiger partial charge is 0.480 e. The fourth-order valence-electron chi connectivity index (χ4n) is 3.74. The zero-order valence-corrected chi connectivity index (χ0v) is 21.0. The summed E-state index contributed by atoms with van der Waals surface area (Å²) in [5.41, 5.74) is 1.66. The molecule has 4 rings (SSSR count). The number of benzene rings is 2. The Morgan fingerprint density at radius 1 is 1.11 bits per heavy atom. The van der Waals surface area contributed by atoms with Crippen LogP contribution in [0, 0.1) is 12.7 Å². The molecular weight excluding hydrogens is 509 g/mol. The summed E-state index contributed by atoms with van der Waals surface area (Å²) in [4.78, 5) is 30.8. The van der Waals surface area contributed by atoms with Gasteiger partial charge in [0, 0.05) is 25.2 Å². The first-order chi connectivity index (χ1) is 17.1. The van der Waals surface area contributed by atoms with E-state index in [0.29, 0.717) is 35.0 Å². The number of carbonyl (C=O) groups excluding carboxylic acids is 1. The molecular formula is C24H24FN3O6S2. The molecule has 36 heavy (non-hydrogen) atoms. The minimum atomic E-state index is -3.67. The molecule has 1 fully saturated rings. The summed E-state index contributed by atoms with van der Waals surface area (Å²) >= 11 is 1.10. The monoisotopic (exact) mass is 533 g/mol. The van der Waals surface area contributed by atoms with Crippen LogP contribution in [0.4, 0.5) is 4.39 Å². The van der Waals surface area contributed by atoms with E-state index in [4.69, 9.17) is 4.74 Å². The molecule has 0 spiro atoms. The van der Waals surface area contributed by atoms with E-state index >= 15 is 0 Å². The molecule has 1 saturated heterocycles. The fraction of sp³-hybridized carbons (Fsp3) is 0.292. The molecule has 0 saturated carbocycles. The van der Waals surface area contributed by atoms with Crippen molar-refractivity contribution in [1.29, 1.82) is 0 Å². The highest BCUT2D eigenvalue weighted by Crippen LogP contribution is 2.29. The van der Waals surface area contributed by atoms with Crippen LogP contribution in [-0.2, 0) is 26.1 Å². The van der Waals surface area contributed by atoms with Gasteiger partial charge in [0.05, 0.1) is 23.8 Å². The lowest BCUT2D eigenvalue weighted by Gasteiger charge is -2.26. The lowest BCUT2D eigenvalue weighted by Crippen LogP contribution is -2.40. The van der Waals surface area contributed by atoms with Crippen LogP contribution >= 0.6 is 11.3 Å². The van der Waals surface area contributed by atoms with Crippen molar-refractivity contribution in [3.63, 3.8) is 0 Å². The smallest absolute Gasteiger partial charge is 0.323 e. The molecule has 3 aromatic rings. The Hall–Kier alpha value is -3.19. The Labute approximate surface area is 211 Å². The number of thiazole rings is 1. The lowest BCUT2D eigenvalue weighted by atomic mass is 10.2. The number of nitrogens with zero attached hydrogens (tertiary/aromatic N) is 3. The summed E-state index contributed by atoms with van der Waals surface area (Å²) in [5, 5.41) is 9.91. The predicted molar refractivity (Wildman–Crippen MR) is 131 cm³/mol. The van der Waals surface area contributed by atoms with Crippen molar-refractivity contribution in [2.45, 2.75) is 18.4 Å². The molecule has 1 aromatic heterocycles. The van der Waals surface area contributed by atoms with Crippen molar-refractivity contribution in [3.8, 4) is 10.6 Å². The van der Waals surface area contributed by atoms with Crippen LogP contribution in [0.2, 0.25) is 0 Å². The number of carboxylic acids is 1. The molecule has 190 valence electrons. The molecule has 1 N–H and O–H groups in total. The number of hydrogen-bond donors (Lipinski definition) is 1. The van der Waals surface area contributed by atoms with Crippen molar-refractivity contribution in [3.05, 3.63) is 70.5 Å². The normalized spacial score (nSPS) is 14.5. The third kappa shape index (κ3) is 5.78. The second-order valence-corrected chi connectivity index (χ2v) is 11.1. The number of sulfonamides is 1. The van der Waals surface area contributed by atoms with Gasteiger partial charge in [-0.2, -0.15) is 4.31 Å². The molecule has 0 radical (unpaired) electrons. The number of amides is 1. The summed E-state index contributed by atoms with van der Waals surface area (Å²) in [6.07, 6.45) is 0. The maximum Gasteiger partial charge on any atom is 0.323 e. The van der Waals surface area contributed by atoms with E-state index in [2.05, 4.69) is 4.98 Å². The average Bonchev–Trinajstić information content (AvgIpc) is 3.25. The van der Waals surface area contributed by atoms with Crippen LogP contribution in [0.15, 0.2) is 53.4 Å². The highest BCUT2D eigenvalue weighted by atomic mass is 32.2. The molecule has 12 heteroatoms. The molecule has 1 amide bonds. The van der Waals surface area contributed by atoms with Gasteiger partial charge in [-0.05, 0) is 48.9 Å². The van der Waals surface area contributed by atoms with Crippen molar-refractivity contribution in [2.24, 2.45) is 0 Å². The Balaban J connectivity index is 1.54. The van der Waals surface area contributed by atoms with Gasteiger partial charge in [0.25, 0.3) is 5.91 Å². The summed E-state index contributed by atoms with van der Waals surface area (Å²) in [5.74, 6) is -2.08. The fourth-order valence-corrected chi connectivity index (χ4v) is 6.19. The molecule has 0 bridgehead atoms. The number of morpholine rings is 1. The number of hydrogen-bond acceptors (Lipinski definition) is 7. The summed E-state index contributed by atoms with van der Waals surface area (Å²) in [6, 6.07) is 11.8. The first kappa shape index (κ1) is 25.9. The lowest BCUT2D eigenvalue weighted by molar-refractivity contribution is -0.137. The SMILES string of the molecule is Cc1nc(-c2ccc(F)cc2)sc1C(=O)N(CC(=O)O)Cc1ccc(S(=O)(=O)N2CCOCC2)cc1. The third-order valence-corrected chi connectivity index (χ3v) is 8.71. The number of halogens is 1. The van der Waals surface area contributed by atoms with E-state index in [0.717, 1.165) is 11.3 Å². The zero-order valence-electron chi connectivity index (χ0n) is 19.4. The highest BCUT2D eigenvalue weighted by molar-refractivity contribution is 7.89. The van der Waals surface area contributed by atoms with Gasteiger partial charge in [0.15, 0.2) is 0 Å². The van der Waals surface area contributed by atoms with Crippen LogP contribution in [0.25, 0.3) is 10.6 Å². The van der Waals surface area contributed by atoms with Crippen LogP contribution in [-0.4, -0.2) is 72.4 Å². The van der Waals surface area contributed by atoms with Crippen LogP contribution in [0.3, 0.4) is 0 Å². The molecule has 0 unspecified atom stereocenters. The maximum atomic E-state index is 13.3. The summed E-state index contributed by atoms with van der Waals surface area (Å²) in [6.45, 7) is 2.30. The first-order valence-corrected chi connectivity index (χ1v) is 13.3. The van der Waals surface area contributed by atoms with Gasteiger partial charge in [0.2, 0.25) is 10.0 Å². The summed E-state index contributed by atoms with van der Waals surface area (Å²) in [7, 11) is -3.67. The average molecular weight is 534 g/mol. The van der Waals surface area contributed by atoms with Crippen molar-refractivity contribution in [1.82, 2.24) is 14.2 Å². The number of carbonyl (C=O) groups is 2. The van der Waals surface area contributed by atoms with Gasteiger partial charge < -0.3 is 14.7 Å². The van der Waals surface area contributed by atoms with Crippen LogP contribution in [0.1, 0.15) is 20.9 Å². The molecule has 0 atom stereocenters. The van der Waals surface area contributed by atoms with Crippen molar-refractivity contribution < 1.29 is 32.2 Å². The molecule has 9 nitrogen and oxygen atoms in total. The van der Waals surface area contributed by atoms with Gasteiger partial charge in [-0.25, -0.2) is 17.8 Å². The van der Waals surface area contributed by atoms with E-state index in [9.17, 15) is 27.5 Å². The van der Waals surface area contributed by atoms with Gasteiger partial charge in [-0.3, -0.25) is 9.59 Å². The summed E-state index contributed by atoms with van der Waals surface area (Å²) < 4.78 is 45.5. The third-order valence-electron chi connectivity index (χ3n) is 5.60. The van der Waals surface area contributed by atoms with Gasteiger partial charge >= 0.3 is 5.97 Å². The van der Waals surface area contributed by atoms with E-state index in [1.165, 1.54) is 33.5 Å². The minimum Gasteiger partial charge on any atom is -0.480 e. The number of aliphatic carboxylic acids is 1. The number of aromatic nitrogens is 1. The molecule has 2 heterocycles. The van der Waals surface area contributed by atoms with E-state index in [1.807, 2.05) is 0 Å². The number of carboxylic acid groups (broad SMARTS) is 1. The Bertz CT molecular complexity index is 1350. The molecule has 0 aliphatic carbocycles. The molecule has 1 aliphatic rings. The maximum absolute atomic E-state index is 13.3. The standard InChI is InChI=1S/C24H24FN3O6S2/c1-16-22(35-23(26-16)18-4-6-19(25)7-5-18)24(31)27(15-21(29)30)14-17-2-8-20(9-3-17)36(32,33)28-10-12-34-13-11-28/h2-9H,10-15H2,1H3,(H,29,30). The van der Waals surface area contributed by atoms with Gasteiger partial charge in [-0.1, -0.05) is 12.1 Å². The van der Waals surface area contributed by atoms with Gasteiger partial charge in [0.1, 0.15) is 22.2 Å². The van der Waals surface area contributed by atoms with E-state index < -0.39 is 28.4 Å². The van der Waals surface area contributed by atoms with E-state index in [-0.39, 0.29) is 35.2 Å².